The molecule has 0 aliphatic rings. The first-order chi connectivity index (χ1) is 7.63. The van der Waals surface area contributed by atoms with Crippen molar-refractivity contribution in [2.24, 2.45) is 0 Å². The first-order valence-electron chi connectivity index (χ1n) is 5.03. The highest BCUT2D eigenvalue weighted by atomic mass is 16.5. The van der Waals surface area contributed by atoms with Crippen molar-refractivity contribution in [1.29, 1.82) is 0 Å². The van der Waals surface area contributed by atoms with Crippen molar-refractivity contribution < 1.29 is 14.3 Å². The quantitative estimate of drug-likeness (QED) is 0.735. The molecular formula is C13H16O3. The SMILES string of the molecule is CC=Cc1cc(C)cc(C(=O)OC)c1OC. The fourth-order valence-electron chi connectivity index (χ4n) is 1.59. The first kappa shape index (κ1) is 12.3. The van der Waals surface area contributed by atoms with Gasteiger partial charge in [0.05, 0.1) is 14.2 Å². The van der Waals surface area contributed by atoms with Crippen molar-refractivity contribution in [3.05, 3.63) is 34.9 Å². The zero-order valence-electron chi connectivity index (χ0n) is 10.0. The molecule has 0 atom stereocenters. The maximum atomic E-state index is 11.6. The highest BCUT2D eigenvalue weighted by Crippen LogP contribution is 2.27. The molecule has 3 heteroatoms. The average molecular weight is 220 g/mol. The monoisotopic (exact) mass is 220 g/mol. The van der Waals surface area contributed by atoms with Gasteiger partial charge in [-0.25, -0.2) is 4.79 Å². The van der Waals surface area contributed by atoms with E-state index in [0.717, 1.165) is 11.1 Å². The summed E-state index contributed by atoms with van der Waals surface area (Å²) in [5.41, 5.74) is 2.33. The molecule has 0 aliphatic carbocycles. The van der Waals surface area contributed by atoms with Crippen LogP contribution >= 0.6 is 0 Å². The molecule has 86 valence electrons. The van der Waals surface area contributed by atoms with E-state index >= 15 is 0 Å². The number of allylic oxidation sites excluding steroid dienone is 1. The van der Waals surface area contributed by atoms with Crippen molar-refractivity contribution in [2.45, 2.75) is 13.8 Å². The number of hydrogen-bond acceptors (Lipinski definition) is 3. The lowest BCUT2D eigenvalue weighted by molar-refractivity contribution is 0.0597. The van der Waals surface area contributed by atoms with Crippen LogP contribution in [0.15, 0.2) is 18.2 Å². The molecule has 0 saturated heterocycles. The van der Waals surface area contributed by atoms with Crippen LogP contribution in [0.3, 0.4) is 0 Å². The van der Waals surface area contributed by atoms with E-state index in [1.54, 1.807) is 13.2 Å². The number of hydrogen-bond donors (Lipinski definition) is 0. The van der Waals surface area contributed by atoms with Crippen molar-refractivity contribution in [3.8, 4) is 5.75 Å². The molecule has 0 spiro atoms. The minimum absolute atomic E-state index is 0.383. The number of aryl methyl sites for hydroxylation is 1. The van der Waals surface area contributed by atoms with Gasteiger partial charge in [0, 0.05) is 5.56 Å². The lowest BCUT2D eigenvalue weighted by Gasteiger charge is -2.11. The van der Waals surface area contributed by atoms with Crippen molar-refractivity contribution in [2.75, 3.05) is 14.2 Å². The minimum atomic E-state index is -0.383. The molecule has 0 saturated carbocycles. The average Bonchev–Trinajstić information content (AvgIpc) is 2.27. The van der Waals surface area contributed by atoms with E-state index in [1.165, 1.54) is 7.11 Å². The fourth-order valence-corrected chi connectivity index (χ4v) is 1.59. The van der Waals surface area contributed by atoms with Crippen LogP contribution in [0.5, 0.6) is 5.75 Å². The molecule has 16 heavy (non-hydrogen) atoms. The van der Waals surface area contributed by atoms with Crippen LogP contribution in [0.2, 0.25) is 0 Å². The van der Waals surface area contributed by atoms with Gasteiger partial charge in [0.1, 0.15) is 11.3 Å². The predicted molar refractivity (Wildman–Crippen MR) is 63.8 cm³/mol. The van der Waals surface area contributed by atoms with E-state index in [0.29, 0.717) is 11.3 Å². The number of methoxy groups -OCH3 is 2. The second kappa shape index (κ2) is 5.35. The maximum Gasteiger partial charge on any atom is 0.341 e. The molecule has 0 heterocycles. The van der Waals surface area contributed by atoms with E-state index in [1.807, 2.05) is 32.1 Å². The third-order valence-electron chi connectivity index (χ3n) is 2.22. The topological polar surface area (TPSA) is 35.5 Å². The zero-order chi connectivity index (χ0) is 12.1. The van der Waals surface area contributed by atoms with Crippen LogP contribution < -0.4 is 4.74 Å². The number of benzene rings is 1. The van der Waals surface area contributed by atoms with Crippen molar-refractivity contribution >= 4 is 12.0 Å². The van der Waals surface area contributed by atoms with E-state index < -0.39 is 0 Å². The molecule has 0 bridgehead atoms. The lowest BCUT2D eigenvalue weighted by Crippen LogP contribution is -2.05. The Morgan fingerprint density at radius 2 is 2.00 bits per heavy atom. The zero-order valence-corrected chi connectivity index (χ0v) is 10.0. The Morgan fingerprint density at radius 1 is 1.31 bits per heavy atom. The largest absolute Gasteiger partial charge is 0.495 e. The van der Waals surface area contributed by atoms with Gasteiger partial charge in [-0.3, -0.25) is 0 Å². The van der Waals surface area contributed by atoms with Gasteiger partial charge in [0.15, 0.2) is 0 Å². The number of ether oxygens (including phenoxy) is 2. The first-order valence-corrected chi connectivity index (χ1v) is 5.03. The summed E-state index contributed by atoms with van der Waals surface area (Å²) in [6.07, 6.45) is 3.80. The van der Waals surface area contributed by atoms with Crippen LogP contribution in [-0.2, 0) is 4.74 Å². The molecule has 0 amide bonds. The van der Waals surface area contributed by atoms with Crippen LogP contribution in [0.25, 0.3) is 6.08 Å². The Labute approximate surface area is 95.7 Å². The molecule has 0 radical (unpaired) electrons. The van der Waals surface area contributed by atoms with Crippen LogP contribution in [0, 0.1) is 6.92 Å². The number of carbonyl (C=O) groups is 1. The third kappa shape index (κ3) is 2.42. The highest BCUT2D eigenvalue weighted by molar-refractivity contribution is 5.94. The van der Waals surface area contributed by atoms with Gasteiger partial charge in [-0.15, -0.1) is 0 Å². The van der Waals surface area contributed by atoms with Gasteiger partial charge in [-0.05, 0) is 31.5 Å². The van der Waals surface area contributed by atoms with Gasteiger partial charge in [-0.2, -0.15) is 0 Å². The summed E-state index contributed by atoms with van der Waals surface area (Å²) >= 11 is 0. The van der Waals surface area contributed by atoms with Crippen LogP contribution in [-0.4, -0.2) is 20.2 Å². The number of carbonyl (C=O) groups excluding carboxylic acids is 1. The van der Waals surface area contributed by atoms with Crippen LogP contribution in [0.4, 0.5) is 0 Å². The Kier molecular flexibility index (Phi) is 4.11. The standard InChI is InChI=1S/C13H16O3/c1-5-6-10-7-9(2)8-11(12(10)15-3)13(14)16-4/h5-8H,1-4H3. The summed E-state index contributed by atoms with van der Waals surface area (Å²) in [5.74, 6) is 0.168. The summed E-state index contributed by atoms with van der Waals surface area (Å²) in [6, 6.07) is 3.73. The number of rotatable bonds is 3. The van der Waals surface area contributed by atoms with Gasteiger partial charge < -0.3 is 9.47 Å². The molecule has 1 aromatic carbocycles. The van der Waals surface area contributed by atoms with Gasteiger partial charge in [0.25, 0.3) is 0 Å². The molecular weight excluding hydrogens is 204 g/mol. The smallest absolute Gasteiger partial charge is 0.341 e. The van der Waals surface area contributed by atoms with E-state index in [2.05, 4.69) is 0 Å². The van der Waals surface area contributed by atoms with Crippen LogP contribution in [0.1, 0.15) is 28.4 Å². The molecule has 0 unspecified atom stereocenters. The van der Waals surface area contributed by atoms with Gasteiger partial charge in [0.2, 0.25) is 0 Å². The fraction of sp³-hybridized carbons (Fsp3) is 0.308. The van der Waals surface area contributed by atoms with Gasteiger partial charge >= 0.3 is 5.97 Å². The Morgan fingerprint density at radius 3 is 2.50 bits per heavy atom. The molecule has 1 aromatic rings. The second-order valence-electron chi connectivity index (χ2n) is 3.43. The molecule has 1 rings (SSSR count). The normalized spacial score (nSPS) is 10.5. The summed E-state index contributed by atoms with van der Waals surface area (Å²) in [5, 5.41) is 0. The molecule has 3 nitrogen and oxygen atoms in total. The summed E-state index contributed by atoms with van der Waals surface area (Å²) < 4.78 is 9.98. The number of esters is 1. The second-order valence-corrected chi connectivity index (χ2v) is 3.43. The van der Waals surface area contributed by atoms with Gasteiger partial charge in [-0.1, -0.05) is 12.2 Å². The summed E-state index contributed by atoms with van der Waals surface area (Å²) in [4.78, 5) is 11.6. The molecule has 0 aromatic heterocycles. The summed E-state index contributed by atoms with van der Waals surface area (Å²) in [7, 11) is 2.91. The predicted octanol–water partition coefficient (Wildman–Crippen LogP) is 2.82. The maximum absolute atomic E-state index is 11.6. The molecule has 0 aliphatic heterocycles. The van der Waals surface area contributed by atoms with E-state index in [4.69, 9.17) is 9.47 Å². The Balaban J connectivity index is 3.41. The van der Waals surface area contributed by atoms with E-state index in [9.17, 15) is 4.79 Å². The highest BCUT2D eigenvalue weighted by Gasteiger charge is 2.15. The summed E-state index contributed by atoms with van der Waals surface area (Å²) in [6.45, 7) is 3.85. The Hall–Kier alpha value is -1.77. The minimum Gasteiger partial charge on any atom is -0.495 e. The van der Waals surface area contributed by atoms with Crippen molar-refractivity contribution in [3.63, 3.8) is 0 Å². The molecule has 0 N–H and O–H groups in total. The molecule has 0 fully saturated rings. The lowest BCUT2D eigenvalue weighted by atomic mass is 10.0. The Bertz CT molecular complexity index is 419. The van der Waals surface area contributed by atoms with Crippen molar-refractivity contribution in [1.82, 2.24) is 0 Å². The van der Waals surface area contributed by atoms with E-state index in [-0.39, 0.29) is 5.97 Å². The third-order valence-corrected chi connectivity index (χ3v) is 2.22.